The molecule has 0 saturated carbocycles. The lowest BCUT2D eigenvalue weighted by atomic mass is 10.1. The van der Waals surface area contributed by atoms with Crippen LogP contribution in [-0.2, 0) is 0 Å². The number of hydrogen-bond donors (Lipinski definition) is 1. The van der Waals surface area contributed by atoms with E-state index in [0.717, 1.165) is 22.8 Å². The molecular weight excluding hydrogens is 320 g/mol. The van der Waals surface area contributed by atoms with Crippen LogP contribution in [0.2, 0.25) is 0 Å². The zero-order valence-corrected chi connectivity index (χ0v) is 11.4. The average Bonchev–Trinajstić information content (AvgIpc) is 2.24. The second kappa shape index (κ2) is 6.83. The van der Waals surface area contributed by atoms with E-state index < -0.39 is 5.82 Å². The lowest BCUT2D eigenvalue weighted by molar-refractivity contribution is 0.0949. The molecule has 0 unspecified atom stereocenters. The van der Waals surface area contributed by atoms with E-state index in [-0.39, 0.29) is 11.5 Å². The maximum atomic E-state index is 13.4. The molecule has 0 aliphatic carbocycles. The van der Waals surface area contributed by atoms with Gasteiger partial charge in [-0.05, 0) is 41.9 Å². The fourth-order valence-corrected chi connectivity index (χ4v) is 1.86. The monoisotopic (exact) mass is 335 g/mol. The summed E-state index contributed by atoms with van der Waals surface area (Å²) in [4.78, 5) is 11.6. The van der Waals surface area contributed by atoms with E-state index in [9.17, 15) is 9.18 Å². The molecule has 0 aliphatic rings. The molecule has 0 radical (unpaired) electrons. The summed E-state index contributed by atoms with van der Waals surface area (Å²) in [6, 6.07) is 4.64. The number of rotatable bonds is 5. The van der Waals surface area contributed by atoms with Gasteiger partial charge in [0.25, 0.3) is 5.91 Å². The van der Waals surface area contributed by atoms with E-state index in [1.165, 1.54) is 12.1 Å². The molecule has 0 fully saturated rings. The molecular formula is C12H15FINO. The maximum absolute atomic E-state index is 13.4. The van der Waals surface area contributed by atoms with E-state index >= 15 is 0 Å². The molecule has 0 spiro atoms. The highest BCUT2D eigenvalue weighted by Gasteiger charge is 2.10. The van der Waals surface area contributed by atoms with Crippen molar-refractivity contribution < 1.29 is 9.18 Å². The van der Waals surface area contributed by atoms with Gasteiger partial charge in [0, 0.05) is 6.54 Å². The summed E-state index contributed by atoms with van der Waals surface area (Å²) in [7, 11) is 0. The first kappa shape index (κ1) is 13.4. The number of alkyl halides is 1. The standard InChI is InChI=1S/C12H15FINO/c1-9-4-5-10(11(13)8-9)12(16)15-7-3-2-6-14/h4-5,8H,2-3,6-7H2,1H3,(H,15,16). The molecule has 0 aromatic heterocycles. The molecule has 1 aromatic carbocycles. The molecule has 0 atom stereocenters. The van der Waals surface area contributed by atoms with Crippen LogP contribution in [0.15, 0.2) is 18.2 Å². The minimum atomic E-state index is -0.452. The number of unbranched alkanes of at least 4 members (excludes halogenated alkanes) is 1. The van der Waals surface area contributed by atoms with Crippen LogP contribution in [0.1, 0.15) is 28.8 Å². The van der Waals surface area contributed by atoms with Crippen LogP contribution in [0.3, 0.4) is 0 Å². The van der Waals surface area contributed by atoms with E-state index in [1.807, 2.05) is 0 Å². The van der Waals surface area contributed by atoms with Crippen LogP contribution in [0.25, 0.3) is 0 Å². The average molecular weight is 335 g/mol. The lowest BCUT2D eigenvalue weighted by Gasteiger charge is -2.06. The number of benzene rings is 1. The first-order valence-electron chi connectivity index (χ1n) is 5.25. The number of aryl methyl sites for hydroxylation is 1. The fourth-order valence-electron chi connectivity index (χ4n) is 1.32. The van der Waals surface area contributed by atoms with Crippen LogP contribution < -0.4 is 5.32 Å². The normalized spacial score (nSPS) is 10.2. The molecule has 1 aromatic rings. The second-order valence-corrected chi connectivity index (χ2v) is 4.71. The van der Waals surface area contributed by atoms with Crippen molar-refractivity contribution in [2.24, 2.45) is 0 Å². The fraction of sp³-hybridized carbons (Fsp3) is 0.417. The Kier molecular flexibility index (Phi) is 5.73. The van der Waals surface area contributed by atoms with Crippen molar-refractivity contribution >= 4 is 28.5 Å². The number of amides is 1. The molecule has 88 valence electrons. The van der Waals surface area contributed by atoms with Gasteiger partial charge in [0.1, 0.15) is 5.82 Å². The Hall–Kier alpha value is -0.650. The number of nitrogens with one attached hydrogen (secondary N) is 1. The molecule has 0 aliphatic heterocycles. The summed E-state index contributed by atoms with van der Waals surface area (Å²) >= 11 is 2.29. The summed E-state index contributed by atoms with van der Waals surface area (Å²) in [6.07, 6.45) is 2.00. The van der Waals surface area contributed by atoms with Gasteiger partial charge in [-0.2, -0.15) is 0 Å². The molecule has 4 heteroatoms. The van der Waals surface area contributed by atoms with Crippen molar-refractivity contribution in [2.45, 2.75) is 19.8 Å². The van der Waals surface area contributed by atoms with Crippen molar-refractivity contribution in [3.05, 3.63) is 35.1 Å². The van der Waals surface area contributed by atoms with Gasteiger partial charge in [-0.3, -0.25) is 4.79 Å². The van der Waals surface area contributed by atoms with Crippen molar-refractivity contribution in [1.82, 2.24) is 5.32 Å². The van der Waals surface area contributed by atoms with Crippen molar-refractivity contribution in [1.29, 1.82) is 0 Å². The number of hydrogen-bond acceptors (Lipinski definition) is 1. The molecule has 1 N–H and O–H groups in total. The molecule has 0 bridgehead atoms. The molecule has 1 rings (SSSR count). The van der Waals surface area contributed by atoms with Crippen LogP contribution in [0.4, 0.5) is 4.39 Å². The minimum Gasteiger partial charge on any atom is -0.352 e. The zero-order valence-electron chi connectivity index (χ0n) is 9.22. The van der Waals surface area contributed by atoms with Gasteiger partial charge in [-0.15, -0.1) is 0 Å². The smallest absolute Gasteiger partial charge is 0.254 e. The Balaban J connectivity index is 2.53. The Bertz CT molecular complexity index is 368. The number of carbonyl (C=O) groups is 1. The van der Waals surface area contributed by atoms with Crippen molar-refractivity contribution in [3.8, 4) is 0 Å². The second-order valence-electron chi connectivity index (χ2n) is 3.64. The predicted octanol–water partition coefficient (Wildman–Crippen LogP) is 3.08. The third kappa shape index (κ3) is 4.08. The molecule has 1 amide bonds. The summed E-state index contributed by atoms with van der Waals surface area (Å²) < 4.78 is 14.5. The van der Waals surface area contributed by atoms with Gasteiger partial charge >= 0.3 is 0 Å². The third-order valence-corrected chi connectivity index (χ3v) is 2.98. The summed E-state index contributed by atoms with van der Waals surface area (Å²) in [5.41, 5.74) is 0.944. The Morgan fingerprint density at radius 3 is 2.81 bits per heavy atom. The molecule has 0 saturated heterocycles. The van der Waals surface area contributed by atoms with E-state index in [2.05, 4.69) is 27.9 Å². The van der Waals surface area contributed by atoms with Gasteiger partial charge < -0.3 is 5.32 Å². The number of carbonyl (C=O) groups excluding carboxylic acids is 1. The summed E-state index contributed by atoms with van der Waals surface area (Å²) in [5.74, 6) is -0.780. The highest BCUT2D eigenvalue weighted by molar-refractivity contribution is 14.1. The third-order valence-electron chi connectivity index (χ3n) is 2.22. The van der Waals surface area contributed by atoms with Crippen LogP contribution in [0, 0.1) is 12.7 Å². The maximum Gasteiger partial charge on any atom is 0.254 e. The first-order chi connectivity index (χ1) is 7.65. The SMILES string of the molecule is Cc1ccc(C(=O)NCCCCI)c(F)c1. The summed E-state index contributed by atoms with van der Waals surface area (Å²) in [5, 5.41) is 2.71. The minimum absolute atomic E-state index is 0.125. The summed E-state index contributed by atoms with van der Waals surface area (Å²) in [6.45, 7) is 2.40. The predicted molar refractivity (Wildman–Crippen MR) is 71.6 cm³/mol. The van der Waals surface area contributed by atoms with E-state index in [0.29, 0.717) is 6.54 Å². The Morgan fingerprint density at radius 1 is 1.44 bits per heavy atom. The van der Waals surface area contributed by atoms with Gasteiger partial charge in [0.05, 0.1) is 5.56 Å². The Morgan fingerprint density at radius 2 is 2.19 bits per heavy atom. The Labute approximate surface area is 109 Å². The highest BCUT2D eigenvalue weighted by atomic mass is 127. The van der Waals surface area contributed by atoms with E-state index in [1.54, 1.807) is 13.0 Å². The van der Waals surface area contributed by atoms with Crippen molar-refractivity contribution in [2.75, 3.05) is 11.0 Å². The quantitative estimate of drug-likeness (QED) is 0.500. The molecule has 2 nitrogen and oxygen atoms in total. The van der Waals surface area contributed by atoms with Gasteiger partial charge in [-0.1, -0.05) is 28.7 Å². The lowest BCUT2D eigenvalue weighted by Crippen LogP contribution is -2.25. The van der Waals surface area contributed by atoms with Gasteiger partial charge in [-0.25, -0.2) is 4.39 Å². The topological polar surface area (TPSA) is 29.1 Å². The highest BCUT2D eigenvalue weighted by Crippen LogP contribution is 2.09. The number of halogens is 2. The van der Waals surface area contributed by atoms with E-state index in [4.69, 9.17) is 0 Å². The van der Waals surface area contributed by atoms with Gasteiger partial charge in [0.2, 0.25) is 0 Å². The zero-order chi connectivity index (χ0) is 12.0. The van der Waals surface area contributed by atoms with Crippen LogP contribution in [0.5, 0.6) is 0 Å². The van der Waals surface area contributed by atoms with Crippen LogP contribution in [-0.4, -0.2) is 16.9 Å². The first-order valence-corrected chi connectivity index (χ1v) is 6.78. The molecule has 0 heterocycles. The largest absolute Gasteiger partial charge is 0.352 e. The molecule has 16 heavy (non-hydrogen) atoms. The van der Waals surface area contributed by atoms with Crippen LogP contribution >= 0.6 is 22.6 Å². The van der Waals surface area contributed by atoms with Crippen molar-refractivity contribution in [3.63, 3.8) is 0 Å². The van der Waals surface area contributed by atoms with Gasteiger partial charge in [0.15, 0.2) is 0 Å².